The Morgan fingerprint density at radius 2 is 1.80 bits per heavy atom. The minimum absolute atomic E-state index is 0.681. The highest BCUT2D eigenvalue weighted by Crippen LogP contribution is 1.87. The van der Waals surface area contributed by atoms with Gasteiger partial charge in [0.25, 0.3) is 0 Å². The summed E-state index contributed by atoms with van der Waals surface area (Å²) in [5.74, 6) is 0.681. The fraction of sp³-hybridized carbons (Fsp3) is 0. The molecule has 0 fully saturated rings. The van der Waals surface area contributed by atoms with E-state index in [4.69, 9.17) is 0 Å². The lowest BCUT2D eigenvalue weighted by Crippen LogP contribution is -2.16. The molecule has 0 amide bonds. The SMILES string of the molecule is O=CC=C1NC=CC=CN1. The molecule has 1 rings (SSSR count). The van der Waals surface area contributed by atoms with E-state index in [9.17, 15) is 4.79 Å². The zero-order valence-electron chi connectivity index (χ0n) is 5.37. The summed E-state index contributed by atoms with van der Waals surface area (Å²) in [4.78, 5) is 9.98. The van der Waals surface area contributed by atoms with Gasteiger partial charge in [0.15, 0.2) is 0 Å². The molecule has 0 saturated carbocycles. The van der Waals surface area contributed by atoms with E-state index in [2.05, 4.69) is 10.6 Å². The van der Waals surface area contributed by atoms with E-state index in [-0.39, 0.29) is 0 Å². The van der Waals surface area contributed by atoms with Crippen molar-refractivity contribution in [3.63, 3.8) is 0 Å². The number of allylic oxidation sites excluding steroid dienone is 3. The highest BCUT2D eigenvalue weighted by Gasteiger charge is 1.89. The molecule has 0 aromatic heterocycles. The lowest BCUT2D eigenvalue weighted by molar-refractivity contribution is -0.104. The predicted octanol–water partition coefficient (Wildman–Crippen LogP) is 0.247. The van der Waals surface area contributed by atoms with Crippen LogP contribution in [0.5, 0.6) is 0 Å². The molecule has 3 heteroatoms. The van der Waals surface area contributed by atoms with Gasteiger partial charge in [-0.2, -0.15) is 0 Å². The lowest BCUT2D eigenvalue weighted by Gasteiger charge is -2.01. The summed E-state index contributed by atoms with van der Waals surface area (Å²) in [5.41, 5.74) is 0. The van der Waals surface area contributed by atoms with Gasteiger partial charge in [0, 0.05) is 18.5 Å². The molecule has 10 heavy (non-hydrogen) atoms. The maximum Gasteiger partial charge on any atom is 0.146 e. The van der Waals surface area contributed by atoms with Crippen LogP contribution in [-0.4, -0.2) is 6.29 Å². The first kappa shape index (κ1) is 6.61. The summed E-state index contributed by atoms with van der Waals surface area (Å²) >= 11 is 0. The molecule has 1 heterocycles. The van der Waals surface area contributed by atoms with Gasteiger partial charge in [0.05, 0.1) is 0 Å². The van der Waals surface area contributed by atoms with E-state index in [0.29, 0.717) is 5.82 Å². The summed E-state index contributed by atoms with van der Waals surface area (Å²) in [5, 5.41) is 5.72. The highest BCUT2D eigenvalue weighted by atomic mass is 16.1. The molecule has 1 aliphatic heterocycles. The van der Waals surface area contributed by atoms with E-state index in [1.807, 2.05) is 12.2 Å². The third-order valence-electron chi connectivity index (χ3n) is 1.02. The highest BCUT2D eigenvalue weighted by molar-refractivity contribution is 5.65. The van der Waals surface area contributed by atoms with Gasteiger partial charge in [-0.25, -0.2) is 0 Å². The molecule has 0 aromatic rings. The molecule has 0 aliphatic carbocycles. The van der Waals surface area contributed by atoms with Crippen molar-refractivity contribution in [3.05, 3.63) is 36.4 Å². The lowest BCUT2D eigenvalue weighted by atomic mass is 10.6. The van der Waals surface area contributed by atoms with Crippen LogP contribution in [0.15, 0.2) is 36.4 Å². The Labute approximate surface area is 59.1 Å². The Morgan fingerprint density at radius 1 is 1.20 bits per heavy atom. The number of aldehydes is 1. The van der Waals surface area contributed by atoms with Gasteiger partial charge in [-0.3, -0.25) is 4.79 Å². The average molecular weight is 136 g/mol. The summed E-state index contributed by atoms with van der Waals surface area (Å²) in [6, 6.07) is 0. The van der Waals surface area contributed by atoms with E-state index in [1.165, 1.54) is 6.08 Å². The van der Waals surface area contributed by atoms with Crippen LogP contribution >= 0.6 is 0 Å². The van der Waals surface area contributed by atoms with Crippen LogP contribution in [0.2, 0.25) is 0 Å². The van der Waals surface area contributed by atoms with Crippen LogP contribution < -0.4 is 10.6 Å². The largest absolute Gasteiger partial charge is 0.348 e. The molecule has 0 unspecified atom stereocenters. The van der Waals surface area contributed by atoms with Crippen molar-refractivity contribution >= 4 is 6.29 Å². The normalized spacial score (nSPS) is 15.0. The molecule has 0 atom stereocenters. The quantitative estimate of drug-likeness (QED) is 0.401. The third-order valence-corrected chi connectivity index (χ3v) is 1.02. The van der Waals surface area contributed by atoms with Gasteiger partial charge < -0.3 is 10.6 Å². The molecule has 2 N–H and O–H groups in total. The second-order valence-corrected chi connectivity index (χ2v) is 1.72. The Bertz CT molecular complexity index is 188. The zero-order chi connectivity index (χ0) is 7.23. The molecule has 0 radical (unpaired) electrons. The third kappa shape index (κ3) is 1.78. The number of carbonyl (C=O) groups is 1. The minimum Gasteiger partial charge on any atom is -0.348 e. The topological polar surface area (TPSA) is 41.1 Å². The number of rotatable bonds is 1. The van der Waals surface area contributed by atoms with Crippen molar-refractivity contribution in [2.75, 3.05) is 0 Å². The number of carbonyl (C=O) groups excluding carboxylic acids is 1. The van der Waals surface area contributed by atoms with Gasteiger partial charge in [0.2, 0.25) is 0 Å². The van der Waals surface area contributed by atoms with Crippen LogP contribution in [0.1, 0.15) is 0 Å². The molecule has 1 aliphatic rings. The average Bonchev–Trinajstić information content (AvgIpc) is 2.17. The number of hydrogen-bond donors (Lipinski definition) is 2. The Balaban J connectivity index is 2.63. The van der Waals surface area contributed by atoms with Crippen molar-refractivity contribution < 1.29 is 4.79 Å². The summed E-state index contributed by atoms with van der Waals surface area (Å²) in [6.07, 6.45) is 9.29. The molecular weight excluding hydrogens is 128 g/mol. The summed E-state index contributed by atoms with van der Waals surface area (Å²) < 4.78 is 0. The Morgan fingerprint density at radius 3 is 2.30 bits per heavy atom. The van der Waals surface area contributed by atoms with Crippen LogP contribution in [0.4, 0.5) is 0 Å². The van der Waals surface area contributed by atoms with Gasteiger partial charge in [-0.05, 0) is 12.2 Å². The van der Waals surface area contributed by atoms with E-state index in [1.54, 1.807) is 12.4 Å². The van der Waals surface area contributed by atoms with E-state index in [0.717, 1.165) is 6.29 Å². The molecule has 0 saturated heterocycles. The molecule has 0 spiro atoms. The van der Waals surface area contributed by atoms with Gasteiger partial charge in [-0.1, -0.05) is 0 Å². The van der Waals surface area contributed by atoms with Crippen molar-refractivity contribution in [3.8, 4) is 0 Å². The van der Waals surface area contributed by atoms with Crippen molar-refractivity contribution in [2.45, 2.75) is 0 Å². The van der Waals surface area contributed by atoms with Crippen molar-refractivity contribution in [1.29, 1.82) is 0 Å². The first-order valence-corrected chi connectivity index (χ1v) is 2.94. The Hall–Kier alpha value is -1.51. The van der Waals surface area contributed by atoms with Gasteiger partial charge in [-0.15, -0.1) is 0 Å². The second kappa shape index (κ2) is 3.50. The molecule has 52 valence electrons. The van der Waals surface area contributed by atoms with Crippen LogP contribution in [0.25, 0.3) is 0 Å². The molecule has 3 nitrogen and oxygen atoms in total. The molecular formula is C7H8N2O. The predicted molar refractivity (Wildman–Crippen MR) is 38.7 cm³/mol. The zero-order valence-corrected chi connectivity index (χ0v) is 5.37. The van der Waals surface area contributed by atoms with Crippen molar-refractivity contribution in [1.82, 2.24) is 10.6 Å². The smallest absolute Gasteiger partial charge is 0.146 e. The minimum atomic E-state index is 0.681. The van der Waals surface area contributed by atoms with Gasteiger partial charge in [0.1, 0.15) is 12.1 Å². The standard InChI is InChI=1S/C7H8N2O/c10-6-3-7-8-4-1-2-5-9-7/h1-6,8-9H. The molecule has 0 aromatic carbocycles. The summed E-state index contributed by atoms with van der Waals surface area (Å²) in [6.45, 7) is 0. The monoisotopic (exact) mass is 136 g/mol. The second-order valence-electron chi connectivity index (χ2n) is 1.72. The van der Waals surface area contributed by atoms with Crippen molar-refractivity contribution in [2.24, 2.45) is 0 Å². The first-order valence-electron chi connectivity index (χ1n) is 2.94. The summed E-state index contributed by atoms with van der Waals surface area (Å²) in [7, 11) is 0. The maximum atomic E-state index is 9.98. The fourth-order valence-electron chi connectivity index (χ4n) is 0.593. The molecule has 0 bridgehead atoms. The van der Waals surface area contributed by atoms with Gasteiger partial charge >= 0.3 is 0 Å². The van der Waals surface area contributed by atoms with E-state index < -0.39 is 0 Å². The van der Waals surface area contributed by atoms with Crippen LogP contribution in [-0.2, 0) is 4.79 Å². The first-order chi connectivity index (χ1) is 4.93. The fourth-order valence-corrected chi connectivity index (χ4v) is 0.593. The Kier molecular flexibility index (Phi) is 2.31. The van der Waals surface area contributed by atoms with Crippen LogP contribution in [0, 0.1) is 0 Å². The van der Waals surface area contributed by atoms with E-state index >= 15 is 0 Å². The maximum absolute atomic E-state index is 9.98. The number of nitrogens with one attached hydrogen (secondary N) is 2. The van der Waals surface area contributed by atoms with Crippen LogP contribution in [0.3, 0.4) is 0 Å². The number of hydrogen-bond acceptors (Lipinski definition) is 3.